The first-order valence-electron chi connectivity index (χ1n) is 19.9. The SMILES string of the molecule is COC(=O)[C@H]1O[C@@H](O[C@H]2[C@H](OCc3ccccc3)[C@H](OCc3ccccc3)[C@H](OCCCN=[N+]=[N-])O[C@@H]2C(=O)OC)[C@@H](OCc2ccccc2)[C@@H](OCc2ccccc2)[C@@H]1O. The van der Waals surface area contributed by atoms with E-state index in [-0.39, 0.29) is 39.6 Å². The Hall–Kier alpha value is -5.23. The molecule has 0 amide bonds. The van der Waals surface area contributed by atoms with Crippen molar-refractivity contribution in [3.8, 4) is 0 Å². The summed E-state index contributed by atoms with van der Waals surface area (Å²) in [5, 5.41) is 15.4. The molecule has 4 aromatic carbocycles. The Morgan fingerprint density at radius 1 is 0.574 bits per heavy atom. The zero-order chi connectivity index (χ0) is 42.8. The van der Waals surface area contributed by atoms with E-state index in [2.05, 4.69) is 10.0 Å². The van der Waals surface area contributed by atoms with Crippen LogP contribution in [0.5, 0.6) is 0 Å². The second kappa shape index (κ2) is 23.7. The first kappa shape index (κ1) is 45.3. The third kappa shape index (κ3) is 12.7. The van der Waals surface area contributed by atoms with E-state index in [0.717, 1.165) is 22.3 Å². The van der Waals surface area contributed by atoms with Crippen molar-refractivity contribution < 1.29 is 62.1 Å². The Morgan fingerprint density at radius 2 is 0.984 bits per heavy atom. The highest BCUT2D eigenvalue weighted by atomic mass is 16.8. The molecule has 0 aromatic heterocycles. The van der Waals surface area contributed by atoms with E-state index < -0.39 is 73.4 Å². The van der Waals surface area contributed by atoms with Crippen LogP contribution in [0.2, 0.25) is 0 Å². The van der Waals surface area contributed by atoms with Gasteiger partial charge in [0.05, 0.1) is 40.6 Å². The molecule has 2 heterocycles. The Bertz CT molecular complexity index is 1960. The molecule has 0 spiro atoms. The normalized spacial score (nSPS) is 26.1. The number of aliphatic hydroxyl groups is 1. The smallest absolute Gasteiger partial charge is 0.337 e. The van der Waals surface area contributed by atoms with Crippen molar-refractivity contribution in [2.45, 2.75) is 94.3 Å². The quantitative estimate of drug-likeness (QED) is 0.0359. The Morgan fingerprint density at radius 3 is 1.44 bits per heavy atom. The summed E-state index contributed by atoms with van der Waals surface area (Å²) in [5.41, 5.74) is 12.0. The standard InChI is InChI=1S/C45H51N3O13/c1-52-42(50)36-34(49)35(55-26-30-16-7-3-8-17-30)40(57-28-32-20-11-5-12-21-32)45(59-36)60-38-37(56-27-31-18-9-4-10-19-31)41(58-29-33-22-13-6-14-23-33)44(54-25-15-24-47-48-46)61-39(38)43(51)53-2/h3-14,16-23,34-41,44-45,49H,15,24-29H2,1-2H3/t34-,35-,36-,37-,38-,39-,40-,41-,44+,45-/m0/s1. The van der Waals surface area contributed by atoms with Crippen LogP contribution in [0.15, 0.2) is 126 Å². The fourth-order valence-corrected chi connectivity index (χ4v) is 6.98. The first-order chi connectivity index (χ1) is 29.9. The molecular weight excluding hydrogens is 791 g/mol. The van der Waals surface area contributed by atoms with E-state index in [1.807, 2.05) is 121 Å². The monoisotopic (exact) mass is 841 g/mol. The summed E-state index contributed by atoms with van der Waals surface area (Å²) in [6.07, 6.45) is -13.1. The average Bonchev–Trinajstić information content (AvgIpc) is 3.30. The van der Waals surface area contributed by atoms with Crippen molar-refractivity contribution in [1.82, 2.24) is 0 Å². The lowest BCUT2D eigenvalue weighted by atomic mass is 9.95. The van der Waals surface area contributed by atoms with Crippen molar-refractivity contribution in [2.75, 3.05) is 27.4 Å². The zero-order valence-corrected chi connectivity index (χ0v) is 34.0. The number of azide groups is 1. The molecule has 324 valence electrons. The van der Waals surface area contributed by atoms with Crippen LogP contribution in [-0.4, -0.2) is 106 Å². The van der Waals surface area contributed by atoms with Crippen molar-refractivity contribution >= 4 is 11.9 Å². The number of benzene rings is 4. The number of carbonyl (C=O) groups excluding carboxylic acids is 2. The van der Waals surface area contributed by atoms with Crippen LogP contribution < -0.4 is 0 Å². The molecule has 1 N–H and O–H groups in total. The highest BCUT2D eigenvalue weighted by molar-refractivity contribution is 5.76. The van der Waals surface area contributed by atoms with Crippen molar-refractivity contribution in [3.05, 3.63) is 154 Å². The number of hydrogen-bond donors (Lipinski definition) is 1. The summed E-state index contributed by atoms with van der Waals surface area (Å²) in [6.45, 7) is 0.411. The average molecular weight is 842 g/mol. The summed E-state index contributed by atoms with van der Waals surface area (Å²) in [4.78, 5) is 29.9. The number of carbonyl (C=O) groups is 2. The zero-order valence-electron chi connectivity index (χ0n) is 34.0. The van der Waals surface area contributed by atoms with Gasteiger partial charge in [0.1, 0.15) is 36.6 Å². The van der Waals surface area contributed by atoms with Gasteiger partial charge in [-0.05, 0) is 34.2 Å². The molecule has 2 saturated heterocycles. The van der Waals surface area contributed by atoms with E-state index in [4.69, 9.17) is 52.9 Å². The van der Waals surface area contributed by atoms with Gasteiger partial charge in [-0.2, -0.15) is 0 Å². The fourth-order valence-electron chi connectivity index (χ4n) is 6.98. The van der Waals surface area contributed by atoms with Crippen LogP contribution in [0.4, 0.5) is 0 Å². The second-order valence-corrected chi connectivity index (χ2v) is 14.2. The van der Waals surface area contributed by atoms with Crippen LogP contribution in [0.1, 0.15) is 28.7 Å². The maximum absolute atomic E-state index is 13.8. The molecule has 2 fully saturated rings. The van der Waals surface area contributed by atoms with Crippen molar-refractivity contribution in [3.63, 3.8) is 0 Å². The minimum Gasteiger partial charge on any atom is -0.467 e. The lowest BCUT2D eigenvalue weighted by Crippen LogP contribution is -2.67. The van der Waals surface area contributed by atoms with Gasteiger partial charge in [0.15, 0.2) is 24.8 Å². The summed E-state index contributed by atoms with van der Waals surface area (Å²) >= 11 is 0. The lowest BCUT2D eigenvalue weighted by molar-refractivity contribution is -0.366. The maximum atomic E-state index is 13.8. The number of ether oxygens (including phenoxy) is 10. The molecule has 2 aliphatic rings. The summed E-state index contributed by atoms with van der Waals surface area (Å²) in [6, 6.07) is 37.4. The molecule has 16 nitrogen and oxygen atoms in total. The molecule has 16 heteroatoms. The van der Waals surface area contributed by atoms with E-state index in [1.165, 1.54) is 14.2 Å². The Balaban J connectivity index is 1.40. The van der Waals surface area contributed by atoms with Gasteiger partial charge in [-0.15, -0.1) is 0 Å². The Labute approximate surface area is 354 Å². The van der Waals surface area contributed by atoms with Gasteiger partial charge >= 0.3 is 11.9 Å². The number of esters is 2. The minimum absolute atomic E-state index is 0.0274. The van der Waals surface area contributed by atoms with Gasteiger partial charge in [0.25, 0.3) is 0 Å². The molecule has 0 bridgehead atoms. The van der Waals surface area contributed by atoms with Gasteiger partial charge in [-0.25, -0.2) is 9.59 Å². The van der Waals surface area contributed by atoms with Crippen LogP contribution in [0.25, 0.3) is 10.4 Å². The maximum Gasteiger partial charge on any atom is 0.337 e. The number of rotatable bonds is 21. The van der Waals surface area contributed by atoms with Crippen molar-refractivity contribution in [2.24, 2.45) is 5.11 Å². The molecule has 6 rings (SSSR count). The molecular formula is C45H51N3O13. The van der Waals surface area contributed by atoms with E-state index >= 15 is 0 Å². The van der Waals surface area contributed by atoms with Gasteiger partial charge in [0.2, 0.25) is 0 Å². The fraction of sp³-hybridized carbons (Fsp3) is 0.422. The molecule has 0 unspecified atom stereocenters. The number of hydrogen-bond acceptors (Lipinski definition) is 14. The number of nitrogens with zero attached hydrogens (tertiary/aromatic N) is 3. The Kier molecular flexibility index (Phi) is 17.6. The molecule has 4 aromatic rings. The number of methoxy groups -OCH3 is 2. The first-order valence-corrected chi connectivity index (χ1v) is 19.9. The van der Waals surface area contributed by atoms with Crippen LogP contribution in [-0.2, 0) is 83.4 Å². The highest BCUT2D eigenvalue weighted by Crippen LogP contribution is 2.36. The van der Waals surface area contributed by atoms with Gasteiger partial charge in [-0.3, -0.25) is 0 Å². The minimum atomic E-state index is -1.60. The van der Waals surface area contributed by atoms with Crippen LogP contribution in [0, 0.1) is 0 Å². The lowest BCUT2D eigenvalue weighted by Gasteiger charge is -2.48. The summed E-state index contributed by atoms with van der Waals surface area (Å²) in [5.74, 6) is -1.73. The van der Waals surface area contributed by atoms with Crippen LogP contribution in [0.3, 0.4) is 0 Å². The molecule has 61 heavy (non-hydrogen) atoms. The van der Waals surface area contributed by atoms with Gasteiger partial charge < -0.3 is 52.5 Å². The number of aliphatic hydroxyl groups excluding tert-OH is 1. The largest absolute Gasteiger partial charge is 0.467 e. The van der Waals surface area contributed by atoms with Gasteiger partial charge in [-0.1, -0.05) is 126 Å². The summed E-state index contributed by atoms with van der Waals surface area (Å²) < 4.78 is 62.2. The second-order valence-electron chi connectivity index (χ2n) is 14.2. The molecule has 0 saturated carbocycles. The van der Waals surface area contributed by atoms with Gasteiger partial charge in [0, 0.05) is 18.1 Å². The third-order valence-electron chi connectivity index (χ3n) is 10.1. The highest BCUT2D eigenvalue weighted by Gasteiger charge is 2.57. The van der Waals surface area contributed by atoms with E-state index in [0.29, 0.717) is 6.42 Å². The summed E-state index contributed by atoms with van der Waals surface area (Å²) in [7, 11) is 2.37. The third-order valence-corrected chi connectivity index (χ3v) is 10.1. The molecule has 2 aliphatic heterocycles. The predicted molar refractivity (Wildman–Crippen MR) is 217 cm³/mol. The van der Waals surface area contributed by atoms with Crippen molar-refractivity contribution in [1.29, 1.82) is 0 Å². The molecule has 10 atom stereocenters. The molecule has 0 radical (unpaired) electrons. The predicted octanol–water partition coefficient (Wildman–Crippen LogP) is 5.59. The van der Waals surface area contributed by atoms with E-state index in [9.17, 15) is 14.7 Å². The van der Waals surface area contributed by atoms with Crippen LogP contribution >= 0.6 is 0 Å². The van der Waals surface area contributed by atoms with E-state index in [1.54, 1.807) is 0 Å². The topological polar surface area (TPSA) is 195 Å². The molecule has 0 aliphatic carbocycles.